The van der Waals surface area contributed by atoms with Crippen LogP contribution in [0.25, 0.3) is 10.9 Å². The average molecular weight is 352 g/mol. The van der Waals surface area contributed by atoms with E-state index in [1.807, 2.05) is 18.2 Å². The second-order valence-corrected chi connectivity index (χ2v) is 5.79. The number of carboxylic acids is 1. The number of nitrogens with zero attached hydrogens (tertiary/aromatic N) is 1. The molecule has 132 valence electrons. The van der Waals surface area contributed by atoms with Crippen molar-refractivity contribution in [3.05, 3.63) is 53.6 Å². The summed E-state index contributed by atoms with van der Waals surface area (Å²) in [4.78, 5) is 16.1. The summed E-state index contributed by atoms with van der Waals surface area (Å²) in [6.45, 7) is 0.614. The van der Waals surface area contributed by atoms with Crippen LogP contribution in [0, 0.1) is 0 Å². The zero-order valence-corrected chi connectivity index (χ0v) is 14.0. The van der Waals surface area contributed by atoms with Crippen molar-refractivity contribution >= 4 is 22.7 Å². The van der Waals surface area contributed by atoms with Crippen LogP contribution in [-0.2, 0) is 6.54 Å². The Hall–Kier alpha value is -3.48. The second-order valence-electron chi connectivity index (χ2n) is 5.79. The molecule has 2 N–H and O–H groups in total. The smallest absolute Gasteiger partial charge is 0.339 e. The minimum absolute atomic E-state index is 0.114. The number of carboxylic acid groups (broad SMARTS) is 1. The number of carbonyl (C=O) groups is 1. The Morgan fingerprint density at radius 1 is 1.19 bits per heavy atom. The van der Waals surface area contributed by atoms with Gasteiger partial charge in [0.15, 0.2) is 11.5 Å². The number of rotatable bonds is 5. The van der Waals surface area contributed by atoms with Gasteiger partial charge in [-0.2, -0.15) is 0 Å². The molecule has 7 nitrogen and oxygen atoms in total. The first-order valence-electron chi connectivity index (χ1n) is 7.98. The Labute approximate surface area is 149 Å². The molecule has 2 heterocycles. The first-order valence-corrected chi connectivity index (χ1v) is 7.98. The van der Waals surface area contributed by atoms with E-state index in [0.29, 0.717) is 35.1 Å². The maximum Gasteiger partial charge on any atom is 0.339 e. The first kappa shape index (κ1) is 16.0. The van der Waals surface area contributed by atoms with Crippen LogP contribution in [0.5, 0.6) is 17.2 Å². The minimum atomic E-state index is -1.04. The molecule has 3 aromatic rings. The van der Waals surface area contributed by atoms with E-state index in [2.05, 4.69) is 10.3 Å². The van der Waals surface area contributed by atoms with Gasteiger partial charge in [-0.15, -0.1) is 0 Å². The molecule has 0 saturated heterocycles. The third-order valence-electron chi connectivity index (χ3n) is 4.15. The molecule has 0 aliphatic carbocycles. The van der Waals surface area contributed by atoms with Gasteiger partial charge in [-0.25, -0.2) is 9.78 Å². The van der Waals surface area contributed by atoms with Crippen molar-refractivity contribution in [1.82, 2.24) is 4.98 Å². The maximum atomic E-state index is 11.6. The number of anilines is 1. The van der Waals surface area contributed by atoms with E-state index in [1.54, 1.807) is 31.4 Å². The Morgan fingerprint density at radius 2 is 2.04 bits per heavy atom. The van der Waals surface area contributed by atoms with Gasteiger partial charge >= 0.3 is 5.97 Å². The fraction of sp³-hybridized carbons (Fsp3) is 0.158. The molecule has 26 heavy (non-hydrogen) atoms. The van der Waals surface area contributed by atoms with E-state index in [0.717, 1.165) is 10.9 Å². The molecule has 0 fully saturated rings. The summed E-state index contributed by atoms with van der Waals surface area (Å²) in [5, 5.41) is 13.3. The van der Waals surface area contributed by atoms with Crippen molar-refractivity contribution in [1.29, 1.82) is 0 Å². The van der Waals surface area contributed by atoms with Gasteiger partial charge in [0.1, 0.15) is 17.1 Å². The molecule has 0 bridgehead atoms. The van der Waals surface area contributed by atoms with Crippen molar-refractivity contribution in [3.63, 3.8) is 0 Å². The Balaban J connectivity index is 1.65. The van der Waals surface area contributed by atoms with Crippen LogP contribution in [0.4, 0.5) is 5.82 Å². The van der Waals surface area contributed by atoms with E-state index in [1.165, 1.54) is 0 Å². The number of aromatic nitrogens is 1. The quantitative estimate of drug-likeness (QED) is 0.728. The standard InChI is InChI=1S/C19H16N2O5/c1-24-13-4-3-12-7-14(19(22)23)18(21-15(12)8-13)20-9-11-2-5-16-17(6-11)26-10-25-16/h2-8H,9-10H2,1H3,(H,20,21)(H,22,23). The zero-order chi connectivity index (χ0) is 18.1. The lowest BCUT2D eigenvalue weighted by atomic mass is 10.1. The number of aromatic carboxylic acids is 1. The summed E-state index contributed by atoms with van der Waals surface area (Å²) in [6.07, 6.45) is 0. The molecule has 1 aliphatic rings. The van der Waals surface area contributed by atoms with Crippen molar-refractivity contribution in [3.8, 4) is 17.2 Å². The highest BCUT2D eigenvalue weighted by atomic mass is 16.7. The van der Waals surface area contributed by atoms with Crippen molar-refractivity contribution in [2.24, 2.45) is 0 Å². The van der Waals surface area contributed by atoms with Crippen molar-refractivity contribution < 1.29 is 24.1 Å². The minimum Gasteiger partial charge on any atom is -0.497 e. The second kappa shape index (κ2) is 6.44. The molecule has 2 aromatic carbocycles. The first-order chi connectivity index (χ1) is 12.6. The fourth-order valence-electron chi connectivity index (χ4n) is 2.81. The van der Waals surface area contributed by atoms with Crippen LogP contribution >= 0.6 is 0 Å². The van der Waals surface area contributed by atoms with Crippen LogP contribution in [0.2, 0.25) is 0 Å². The number of methoxy groups -OCH3 is 1. The summed E-state index contributed by atoms with van der Waals surface area (Å²) >= 11 is 0. The highest BCUT2D eigenvalue weighted by Crippen LogP contribution is 2.33. The van der Waals surface area contributed by atoms with E-state index in [-0.39, 0.29) is 12.4 Å². The lowest BCUT2D eigenvalue weighted by molar-refractivity contribution is 0.0697. The van der Waals surface area contributed by atoms with Gasteiger partial charge in [-0.1, -0.05) is 6.07 Å². The van der Waals surface area contributed by atoms with Crippen LogP contribution < -0.4 is 19.5 Å². The number of hydrogen-bond donors (Lipinski definition) is 2. The zero-order valence-electron chi connectivity index (χ0n) is 14.0. The largest absolute Gasteiger partial charge is 0.497 e. The van der Waals surface area contributed by atoms with Crippen LogP contribution in [0.15, 0.2) is 42.5 Å². The van der Waals surface area contributed by atoms with Crippen LogP contribution in [-0.4, -0.2) is 30.0 Å². The molecule has 0 unspecified atom stereocenters. The summed E-state index contributed by atoms with van der Waals surface area (Å²) in [5.41, 5.74) is 1.70. The van der Waals surface area contributed by atoms with Crippen LogP contribution in [0.1, 0.15) is 15.9 Å². The lowest BCUT2D eigenvalue weighted by Crippen LogP contribution is -2.08. The Bertz CT molecular complexity index is 1000. The topological polar surface area (TPSA) is 89.9 Å². The number of nitrogens with one attached hydrogen (secondary N) is 1. The molecule has 0 saturated carbocycles. The summed E-state index contributed by atoms with van der Waals surface area (Å²) in [6, 6.07) is 12.5. The molecule has 1 aliphatic heterocycles. The predicted molar refractivity (Wildman–Crippen MR) is 95.1 cm³/mol. The SMILES string of the molecule is COc1ccc2cc(C(=O)O)c(NCc3ccc4c(c3)OCO4)nc2c1. The normalized spacial score (nSPS) is 12.2. The van der Waals surface area contributed by atoms with Gasteiger partial charge in [0.2, 0.25) is 6.79 Å². The van der Waals surface area contributed by atoms with E-state index >= 15 is 0 Å². The molecule has 0 atom stereocenters. The van der Waals surface area contributed by atoms with Crippen molar-refractivity contribution in [2.45, 2.75) is 6.54 Å². The molecular weight excluding hydrogens is 336 g/mol. The number of fused-ring (bicyclic) bond motifs is 2. The monoisotopic (exact) mass is 352 g/mol. The highest BCUT2D eigenvalue weighted by molar-refractivity contribution is 5.98. The summed E-state index contributed by atoms with van der Waals surface area (Å²) in [7, 11) is 1.57. The van der Waals surface area contributed by atoms with Crippen molar-refractivity contribution in [2.75, 3.05) is 19.2 Å². The van der Waals surface area contributed by atoms with Gasteiger partial charge in [0, 0.05) is 18.0 Å². The Kier molecular flexibility index (Phi) is 3.96. The van der Waals surface area contributed by atoms with Crippen LogP contribution in [0.3, 0.4) is 0 Å². The number of ether oxygens (including phenoxy) is 3. The number of pyridine rings is 1. The average Bonchev–Trinajstić information content (AvgIpc) is 3.12. The molecule has 1 aromatic heterocycles. The lowest BCUT2D eigenvalue weighted by Gasteiger charge is -2.11. The van der Waals surface area contributed by atoms with E-state index in [9.17, 15) is 9.90 Å². The molecule has 0 radical (unpaired) electrons. The predicted octanol–water partition coefficient (Wildman–Crippen LogP) is 3.28. The highest BCUT2D eigenvalue weighted by Gasteiger charge is 2.16. The van der Waals surface area contributed by atoms with Gasteiger partial charge in [-0.3, -0.25) is 0 Å². The van der Waals surface area contributed by atoms with Gasteiger partial charge in [-0.05, 0) is 35.9 Å². The summed E-state index contributed by atoms with van der Waals surface area (Å²) in [5.74, 6) is 1.31. The number of benzene rings is 2. The Morgan fingerprint density at radius 3 is 2.85 bits per heavy atom. The molecular formula is C19H16N2O5. The molecule has 7 heteroatoms. The fourth-order valence-corrected chi connectivity index (χ4v) is 2.81. The third-order valence-corrected chi connectivity index (χ3v) is 4.15. The van der Waals surface area contributed by atoms with Gasteiger partial charge in [0.05, 0.1) is 12.6 Å². The summed E-state index contributed by atoms with van der Waals surface area (Å²) < 4.78 is 15.9. The molecule has 0 amide bonds. The number of hydrogen-bond acceptors (Lipinski definition) is 6. The van der Waals surface area contributed by atoms with E-state index in [4.69, 9.17) is 14.2 Å². The van der Waals surface area contributed by atoms with E-state index < -0.39 is 5.97 Å². The maximum absolute atomic E-state index is 11.6. The molecule has 4 rings (SSSR count). The molecule has 0 spiro atoms. The van der Waals surface area contributed by atoms with Gasteiger partial charge < -0.3 is 24.6 Å². The van der Waals surface area contributed by atoms with Gasteiger partial charge in [0.25, 0.3) is 0 Å². The third kappa shape index (κ3) is 2.95.